The van der Waals surface area contributed by atoms with Gasteiger partial charge in [0.15, 0.2) is 5.82 Å². The van der Waals surface area contributed by atoms with Crippen LogP contribution in [0.25, 0.3) is 0 Å². The largest absolute Gasteiger partial charge is 0.372 e. The summed E-state index contributed by atoms with van der Waals surface area (Å²) in [4.78, 5) is 6.60. The Hall–Kier alpha value is -0.690. The summed E-state index contributed by atoms with van der Waals surface area (Å²) in [6.07, 6.45) is -0.150. The first-order chi connectivity index (χ1) is 7.72. The highest BCUT2D eigenvalue weighted by Gasteiger charge is 2.26. The normalized spacial score (nSPS) is 23.1. The third kappa shape index (κ3) is 3.16. The minimum Gasteiger partial charge on any atom is -0.372 e. The number of rotatable bonds is 3. The minimum atomic E-state index is -0.150. The van der Waals surface area contributed by atoms with Crippen LogP contribution in [0.4, 0.5) is 0 Å². The highest BCUT2D eigenvalue weighted by molar-refractivity contribution is 5.85. The Morgan fingerprint density at radius 1 is 1.59 bits per heavy atom. The minimum absolute atomic E-state index is 0. The van der Waals surface area contributed by atoms with Gasteiger partial charge in [-0.05, 0) is 14.0 Å². The zero-order valence-electron chi connectivity index (χ0n) is 10.3. The molecule has 17 heavy (non-hydrogen) atoms. The number of nitrogens with zero attached hydrogens (tertiary/aromatic N) is 3. The van der Waals surface area contributed by atoms with E-state index in [2.05, 4.69) is 27.4 Å². The Labute approximate surface area is 107 Å². The highest BCUT2D eigenvalue weighted by atomic mass is 35.5. The average molecular weight is 263 g/mol. The molecule has 98 valence electrons. The summed E-state index contributed by atoms with van der Waals surface area (Å²) in [5, 5.41) is 7.33. The van der Waals surface area contributed by atoms with Gasteiger partial charge in [0.25, 0.3) is 5.89 Å². The molecule has 0 amide bonds. The van der Waals surface area contributed by atoms with Gasteiger partial charge in [0.05, 0.1) is 6.04 Å². The van der Waals surface area contributed by atoms with Gasteiger partial charge in [-0.1, -0.05) is 5.16 Å². The van der Waals surface area contributed by atoms with Crippen LogP contribution >= 0.6 is 12.4 Å². The molecule has 1 aliphatic heterocycles. The van der Waals surface area contributed by atoms with E-state index >= 15 is 0 Å². The summed E-state index contributed by atoms with van der Waals surface area (Å²) in [5.41, 5.74) is 0. The number of ether oxygens (including phenoxy) is 1. The summed E-state index contributed by atoms with van der Waals surface area (Å²) in [5.74, 6) is 1.27. The van der Waals surface area contributed by atoms with Crippen molar-refractivity contribution in [2.45, 2.75) is 19.1 Å². The van der Waals surface area contributed by atoms with Crippen LogP contribution in [-0.4, -0.2) is 48.8 Å². The number of methoxy groups -OCH3 is 1. The molecule has 1 aliphatic rings. The molecule has 1 aromatic heterocycles. The van der Waals surface area contributed by atoms with Crippen molar-refractivity contribution in [3.63, 3.8) is 0 Å². The second-order valence-electron chi connectivity index (χ2n) is 4.07. The van der Waals surface area contributed by atoms with Crippen molar-refractivity contribution in [2.24, 2.45) is 0 Å². The summed E-state index contributed by atoms with van der Waals surface area (Å²) in [6, 6.07) is 0.190. The molecule has 1 saturated heterocycles. The van der Waals surface area contributed by atoms with Gasteiger partial charge in [0, 0.05) is 26.7 Å². The lowest BCUT2D eigenvalue weighted by atomic mass is 10.2. The summed E-state index contributed by atoms with van der Waals surface area (Å²) < 4.78 is 10.3. The van der Waals surface area contributed by atoms with Crippen LogP contribution in [0.1, 0.15) is 30.8 Å². The number of nitrogens with one attached hydrogen (secondary N) is 1. The molecule has 0 radical (unpaired) electrons. The third-order valence-electron chi connectivity index (χ3n) is 2.97. The number of aromatic nitrogens is 2. The Bertz CT molecular complexity index is 347. The number of hydrogen-bond donors (Lipinski definition) is 1. The fourth-order valence-corrected chi connectivity index (χ4v) is 1.74. The topological polar surface area (TPSA) is 63.4 Å². The lowest BCUT2D eigenvalue weighted by molar-refractivity contribution is 0.0885. The molecule has 2 heterocycles. The van der Waals surface area contributed by atoms with Crippen LogP contribution in [0.15, 0.2) is 4.52 Å². The molecule has 2 atom stereocenters. The van der Waals surface area contributed by atoms with E-state index in [9.17, 15) is 0 Å². The van der Waals surface area contributed by atoms with Crippen molar-refractivity contribution < 1.29 is 9.26 Å². The van der Waals surface area contributed by atoms with E-state index in [0.29, 0.717) is 5.89 Å². The van der Waals surface area contributed by atoms with Gasteiger partial charge in [-0.2, -0.15) is 4.98 Å². The molecular formula is C10H19ClN4O2. The van der Waals surface area contributed by atoms with Gasteiger partial charge in [-0.3, -0.25) is 4.90 Å². The Morgan fingerprint density at radius 3 is 3.00 bits per heavy atom. The first-order valence-corrected chi connectivity index (χ1v) is 5.49. The number of hydrogen-bond acceptors (Lipinski definition) is 6. The van der Waals surface area contributed by atoms with Gasteiger partial charge in [0.1, 0.15) is 6.10 Å². The average Bonchev–Trinajstić information content (AvgIpc) is 2.78. The van der Waals surface area contributed by atoms with Crippen LogP contribution in [0.3, 0.4) is 0 Å². The van der Waals surface area contributed by atoms with E-state index in [-0.39, 0.29) is 24.6 Å². The molecule has 2 unspecified atom stereocenters. The maximum atomic E-state index is 5.18. The van der Waals surface area contributed by atoms with Crippen LogP contribution in [0.5, 0.6) is 0 Å². The first kappa shape index (κ1) is 14.4. The van der Waals surface area contributed by atoms with Gasteiger partial charge >= 0.3 is 0 Å². The molecule has 6 nitrogen and oxygen atoms in total. The van der Waals surface area contributed by atoms with Crippen LogP contribution in [0, 0.1) is 0 Å². The third-order valence-corrected chi connectivity index (χ3v) is 2.97. The fraction of sp³-hybridized carbons (Fsp3) is 0.800. The lowest BCUT2D eigenvalue weighted by Crippen LogP contribution is -2.44. The lowest BCUT2D eigenvalue weighted by Gasteiger charge is -2.30. The Morgan fingerprint density at radius 2 is 2.35 bits per heavy atom. The maximum Gasteiger partial charge on any atom is 0.255 e. The second kappa shape index (κ2) is 6.30. The van der Waals surface area contributed by atoms with E-state index in [0.717, 1.165) is 25.5 Å². The molecule has 2 rings (SSSR count). The molecule has 0 spiro atoms. The molecule has 0 aromatic carbocycles. The van der Waals surface area contributed by atoms with E-state index < -0.39 is 0 Å². The van der Waals surface area contributed by atoms with Gasteiger partial charge < -0.3 is 14.6 Å². The molecule has 1 aromatic rings. The van der Waals surface area contributed by atoms with E-state index in [1.807, 2.05) is 6.92 Å². The van der Waals surface area contributed by atoms with Crippen molar-refractivity contribution in [1.82, 2.24) is 20.4 Å². The zero-order valence-corrected chi connectivity index (χ0v) is 11.2. The van der Waals surface area contributed by atoms with Gasteiger partial charge in [-0.15, -0.1) is 12.4 Å². The predicted molar refractivity (Wildman–Crippen MR) is 65.2 cm³/mol. The van der Waals surface area contributed by atoms with E-state index in [1.165, 1.54) is 0 Å². The molecule has 0 saturated carbocycles. The van der Waals surface area contributed by atoms with Crippen molar-refractivity contribution in [3.05, 3.63) is 11.7 Å². The fourth-order valence-electron chi connectivity index (χ4n) is 1.74. The maximum absolute atomic E-state index is 5.18. The monoisotopic (exact) mass is 262 g/mol. The second-order valence-corrected chi connectivity index (χ2v) is 4.07. The SMILES string of the molecule is COC(C)c1nc(C2CNCCN2C)no1.Cl. The molecular weight excluding hydrogens is 244 g/mol. The summed E-state index contributed by atoms with van der Waals surface area (Å²) in [6.45, 7) is 4.75. The number of likely N-dealkylation sites (N-methyl/N-ethyl adjacent to an activating group) is 1. The van der Waals surface area contributed by atoms with Crippen LogP contribution < -0.4 is 5.32 Å². The standard InChI is InChI=1S/C10H18N4O2.ClH/c1-7(15-3)10-12-9(13-16-10)8-6-11-4-5-14(8)2;/h7-8,11H,4-6H2,1-3H3;1H. The number of halogens is 1. The molecule has 7 heteroatoms. The highest BCUT2D eigenvalue weighted by Crippen LogP contribution is 2.20. The molecule has 1 N–H and O–H groups in total. The molecule has 1 fully saturated rings. The first-order valence-electron chi connectivity index (χ1n) is 5.49. The van der Waals surface area contributed by atoms with Crippen molar-refractivity contribution in [1.29, 1.82) is 0 Å². The summed E-state index contributed by atoms with van der Waals surface area (Å²) >= 11 is 0. The molecule has 0 bridgehead atoms. The van der Waals surface area contributed by atoms with Gasteiger partial charge in [-0.25, -0.2) is 0 Å². The summed E-state index contributed by atoms with van der Waals surface area (Å²) in [7, 11) is 3.70. The quantitative estimate of drug-likeness (QED) is 0.868. The Balaban J connectivity index is 0.00000144. The van der Waals surface area contributed by atoms with E-state index in [4.69, 9.17) is 9.26 Å². The van der Waals surface area contributed by atoms with Crippen LogP contribution in [0.2, 0.25) is 0 Å². The van der Waals surface area contributed by atoms with Gasteiger partial charge in [0.2, 0.25) is 0 Å². The smallest absolute Gasteiger partial charge is 0.255 e. The van der Waals surface area contributed by atoms with Crippen molar-refractivity contribution in [2.75, 3.05) is 33.8 Å². The Kier molecular flexibility index (Phi) is 5.32. The van der Waals surface area contributed by atoms with E-state index in [1.54, 1.807) is 7.11 Å². The van der Waals surface area contributed by atoms with Crippen LogP contribution in [-0.2, 0) is 4.74 Å². The number of piperazine rings is 1. The zero-order chi connectivity index (χ0) is 11.5. The predicted octanol–water partition coefficient (Wildman–Crippen LogP) is 0.775. The van der Waals surface area contributed by atoms with Crippen molar-refractivity contribution in [3.8, 4) is 0 Å². The van der Waals surface area contributed by atoms with Crippen molar-refractivity contribution >= 4 is 12.4 Å². The molecule has 0 aliphatic carbocycles.